The summed E-state index contributed by atoms with van der Waals surface area (Å²) in [6.45, 7) is 2.14. The molecule has 1 aliphatic rings. The van der Waals surface area contributed by atoms with Crippen molar-refractivity contribution in [2.45, 2.75) is 58.3 Å². The van der Waals surface area contributed by atoms with Crippen molar-refractivity contribution in [1.29, 1.82) is 0 Å². The highest BCUT2D eigenvalue weighted by Crippen LogP contribution is 2.25. The van der Waals surface area contributed by atoms with E-state index in [-0.39, 0.29) is 5.92 Å². The van der Waals surface area contributed by atoms with Crippen molar-refractivity contribution in [3.8, 4) is 11.8 Å². The number of Topliss-reactive ketones (excluding diaryl/α,β-unsaturated/α-hetero) is 1. The predicted octanol–water partition coefficient (Wildman–Crippen LogP) is 2.87. The van der Waals surface area contributed by atoms with Crippen LogP contribution >= 0.6 is 0 Å². The fraction of sp³-hybridized carbons (Fsp3) is 0.733. The molecule has 0 radical (unpaired) electrons. The lowest BCUT2D eigenvalue weighted by Gasteiger charge is -2.19. The summed E-state index contributed by atoms with van der Waals surface area (Å²) in [5, 5.41) is 0. The van der Waals surface area contributed by atoms with Gasteiger partial charge < -0.3 is 4.74 Å². The van der Waals surface area contributed by atoms with Gasteiger partial charge in [0.25, 0.3) is 0 Å². The molecule has 0 aromatic heterocycles. The normalized spacial score (nSPS) is 18.9. The van der Waals surface area contributed by atoms with Crippen LogP contribution < -0.4 is 0 Å². The van der Waals surface area contributed by atoms with Gasteiger partial charge in [-0.3, -0.25) is 4.79 Å². The molecule has 1 rings (SSSR count). The summed E-state index contributed by atoms with van der Waals surface area (Å²) in [6, 6.07) is 0. The minimum absolute atomic E-state index is 0.289. The zero-order valence-corrected chi connectivity index (χ0v) is 11.2. The number of ether oxygens (including phenoxy) is 1. The predicted molar refractivity (Wildman–Crippen MR) is 69.8 cm³/mol. The first-order valence-electron chi connectivity index (χ1n) is 6.92. The van der Waals surface area contributed by atoms with E-state index in [9.17, 15) is 9.59 Å². The Bertz CT molecular complexity index is 335. The molecule has 0 spiro atoms. The van der Waals surface area contributed by atoms with Crippen LogP contribution in [0.1, 0.15) is 58.3 Å². The molecule has 18 heavy (non-hydrogen) atoms. The molecule has 3 heteroatoms. The minimum Gasteiger partial charge on any atom is -0.456 e. The van der Waals surface area contributed by atoms with E-state index in [1.54, 1.807) is 6.92 Å². The number of esters is 1. The number of hydrogen-bond acceptors (Lipinski definition) is 3. The van der Waals surface area contributed by atoms with Crippen molar-refractivity contribution in [2.24, 2.45) is 5.92 Å². The van der Waals surface area contributed by atoms with Crippen LogP contribution in [0.3, 0.4) is 0 Å². The highest BCUT2D eigenvalue weighted by Gasteiger charge is 2.20. The lowest BCUT2D eigenvalue weighted by Crippen LogP contribution is -2.18. The SMILES string of the molecule is CCOC(=O)C#CCCCCC1CCCCC1=O. The van der Waals surface area contributed by atoms with Crippen molar-refractivity contribution < 1.29 is 14.3 Å². The zero-order chi connectivity index (χ0) is 13.2. The van der Waals surface area contributed by atoms with Crippen molar-refractivity contribution in [3.05, 3.63) is 0 Å². The average molecular weight is 250 g/mol. The van der Waals surface area contributed by atoms with Gasteiger partial charge in [-0.25, -0.2) is 4.79 Å². The van der Waals surface area contributed by atoms with Gasteiger partial charge >= 0.3 is 5.97 Å². The van der Waals surface area contributed by atoms with Crippen molar-refractivity contribution in [1.82, 2.24) is 0 Å². The lowest BCUT2D eigenvalue weighted by molar-refractivity contribution is -0.136. The second-order valence-electron chi connectivity index (χ2n) is 4.68. The molecule has 0 aliphatic heterocycles. The first kappa shape index (κ1) is 14.8. The third-order valence-corrected chi connectivity index (χ3v) is 3.25. The highest BCUT2D eigenvalue weighted by molar-refractivity contribution is 5.88. The summed E-state index contributed by atoms with van der Waals surface area (Å²) in [7, 11) is 0. The molecular weight excluding hydrogens is 228 g/mol. The topological polar surface area (TPSA) is 43.4 Å². The average Bonchev–Trinajstić information content (AvgIpc) is 2.36. The van der Waals surface area contributed by atoms with Gasteiger partial charge in [0.05, 0.1) is 6.61 Å². The number of carbonyl (C=O) groups excluding carboxylic acids is 2. The Morgan fingerprint density at radius 1 is 1.39 bits per heavy atom. The maximum Gasteiger partial charge on any atom is 0.384 e. The van der Waals surface area contributed by atoms with E-state index in [0.717, 1.165) is 38.5 Å². The zero-order valence-electron chi connectivity index (χ0n) is 11.2. The third kappa shape index (κ3) is 5.86. The number of ketones is 1. The minimum atomic E-state index is -0.444. The maximum absolute atomic E-state index is 11.6. The van der Waals surface area contributed by atoms with Crippen LogP contribution in [0.4, 0.5) is 0 Å². The van der Waals surface area contributed by atoms with Gasteiger partial charge in [-0.15, -0.1) is 0 Å². The Balaban J connectivity index is 2.07. The summed E-state index contributed by atoms with van der Waals surface area (Å²) in [5.74, 6) is 5.55. The molecule has 0 amide bonds. The summed E-state index contributed by atoms with van der Waals surface area (Å²) in [5.41, 5.74) is 0. The molecule has 3 nitrogen and oxygen atoms in total. The van der Waals surface area contributed by atoms with Gasteiger partial charge in [0.1, 0.15) is 5.78 Å². The van der Waals surface area contributed by atoms with Gasteiger partial charge in [0.2, 0.25) is 0 Å². The first-order valence-corrected chi connectivity index (χ1v) is 6.92. The van der Waals surface area contributed by atoms with Crippen molar-refractivity contribution >= 4 is 11.8 Å². The quantitative estimate of drug-likeness (QED) is 0.326. The van der Waals surface area contributed by atoms with Crippen molar-refractivity contribution in [3.63, 3.8) is 0 Å². The molecular formula is C15H22O3. The smallest absolute Gasteiger partial charge is 0.384 e. The second kappa shape index (κ2) is 8.74. The lowest BCUT2D eigenvalue weighted by atomic mass is 9.84. The molecule has 0 aromatic carbocycles. The molecule has 0 heterocycles. The van der Waals surface area contributed by atoms with Crippen LogP contribution in [-0.4, -0.2) is 18.4 Å². The monoisotopic (exact) mass is 250 g/mol. The fourth-order valence-corrected chi connectivity index (χ4v) is 2.27. The second-order valence-corrected chi connectivity index (χ2v) is 4.68. The van der Waals surface area contributed by atoms with Crippen LogP contribution in [-0.2, 0) is 14.3 Å². The molecule has 0 bridgehead atoms. The van der Waals surface area contributed by atoms with Gasteiger partial charge in [-0.05, 0) is 32.6 Å². The Morgan fingerprint density at radius 3 is 2.94 bits per heavy atom. The van der Waals surface area contributed by atoms with Crippen LogP contribution in [0.5, 0.6) is 0 Å². The van der Waals surface area contributed by atoms with E-state index in [1.807, 2.05) is 0 Å². The van der Waals surface area contributed by atoms with Crippen LogP contribution in [0, 0.1) is 17.8 Å². The summed E-state index contributed by atoms with van der Waals surface area (Å²) >= 11 is 0. The van der Waals surface area contributed by atoms with Gasteiger partial charge in [-0.1, -0.05) is 18.8 Å². The van der Waals surface area contributed by atoms with E-state index in [4.69, 9.17) is 4.74 Å². The van der Waals surface area contributed by atoms with E-state index < -0.39 is 5.97 Å². The summed E-state index contributed by atoms with van der Waals surface area (Å²) in [4.78, 5) is 22.5. The standard InChI is InChI=1S/C15H22O3/c1-2-18-15(17)12-6-4-3-5-9-13-10-7-8-11-14(13)16/h13H,2-5,7-11H2,1H3. The Morgan fingerprint density at radius 2 is 2.22 bits per heavy atom. The Kier molecular flexibility index (Phi) is 7.17. The number of rotatable bonds is 5. The fourth-order valence-electron chi connectivity index (χ4n) is 2.27. The third-order valence-electron chi connectivity index (χ3n) is 3.25. The van der Waals surface area contributed by atoms with Gasteiger partial charge in [0, 0.05) is 24.7 Å². The van der Waals surface area contributed by atoms with Crippen molar-refractivity contribution in [2.75, 3.05) is 6.61 Å². The molecule has 1 aliphatic carbocycles. The van der Waals surface area contributed by atoms with E-state index >= 15 is 0 Å². The summed E-state index contributed by atoms with van der Waals surface area (Å²) in [6.07, 6.45) is 7.77. The summed E-state index contributed by atoms with van der Waals surface area (Å²) < 4.78 is 4.70. The Hall–Kier alpha value is -1.30. The Labute approximate surface area is 109 Å². The number of hydrogen-bond donors (Lipinski definition) is 0. The van der Waals surface area contributed by atoms with Crippen LogP contribution in [0.25, 0.3) is 0 Å². The van der Waals surface area contributed by atoms with Crippen LogP contribution in [0.2, 0.25) is 0 Å². The molecule has 1 saturated carbocycles. The number of carbonyl (C=O) groups is 2. The molecule has 1 fully saturated rings. The largest absolute Gasteiger partial charge is 0.456 e. The maximum atomic E-state index is 11.6. The molecule has 0 N–H and O–H groups in total. The van der Waals surface area contributed by atoms with E-state index in [2.05, 4.69) is 11.8 Å². The van der Waals surface area contributed by atoms with Gasteiger partial charge in [0.15, 0.2) is 0 Å². The van der Waals surface area contributed by atoms with E-state index in [0.29, 0.717) is 18.8 Å². The van der Waals surface area contributed by atoms with Crippen LogP contribution in [0.15, 0.2) is 0 Å². The molecule has 0 aromatic rings. The molecule has 100 valence electrons. The van der Waals surface area contributed by atoms with E-state index in [1.165, 1.54) is 6.42 Å². The van der Waals surface area contributed by atoms with Gasteiger partial charge in [-0.2, -0.15) is 0 Å². The molecule has 0 saturated heterocycles. The number of unbranched alkanes of at least 4 members (excludes halogenated alkanes) is 2. The molecule has 1 unspecified atom stereocenters. The first-order chi connectivity index (χ1) is 8.74. The highest BCUT2D eigenvalue weighted by atomic mass is 16.5. The molecule has 1 atom stereocenters.